The van der Waals surface area contributed by atoms with E-state index >= 15 is 0 Å². The molecule has 1 aromatic heterocycles. The van der Waals surface area contributed by atoms with Gasteiger partial charge in [-0.05, 0) is 33.8 Å². The van der Waals surface area contributed by atoms with Gasteiger partial charge in [0.1, 0.15) is 10.6 Å². The molecule has 0 aliphatic heterocycles. The summed E-state index contributed by atoms with van der Waals surface area (Å²) in [7, 11) is 3.92. The van der Waals surface area contributed by atoms with Crippen molar-refractivity contribution in [2.45, 2.75) is 38.5 Å². The van der Waals surface area contributed by atoms with Crippen LogP contribution in [-0.4, -0.2) is 28.4 Å². The normalized spacial score (nSPS) is 15.3. The molecule has 0 bridgehead atoms. The van der Waals surface area contributed by atoms with Crippen LogP contribution in [0.1, 0.15) is 39.3 Å². The molecule has 1 N–H and O–H groups in total. The number of nitrogens with zero attached hydrogens (tertiary/aromatic N) is 2. The molecule has 18 heavy (non-hydrogen) atoms. The van der Waals surface area contributed by atoms with E-state index in [9.17, 15) is 4.55 Å². The first-order valence-electron chi connectivity index (χ1n) is 6.03. The summed E-state index contributed by atoms with van der Waals surface area (Å²) in [6, 6.07) is 3.91. The Morgan fingerprint density at radius 2 is 2.00 bits per heavy atom. The number of hydrogen-bond donors (Lipinski definition) is 1. The lowest BCUT2D eigenvalue weighted by Crippen LogP contribution is -2.40. The Morgan fingerprint density at radius 3 is 2.50 bits per heavy atom. The predicted octanol–water partition coefficient (Wildman–Crippen LogP) is 2.26. The predicted molar refractivity (Wildman–Crippen MR) is 78.0 cm³/mol. The molecule has 0 saturated carbocycles. The van der Waals surface area contributed by atoms with Crippen LogP contribution in [-0.2, 0) is 11.4 Å². The summed E-state index contributed by atoms with van der Waals surface area (Å²) in [4.78, 5) is 6.32. The van der Waals surface area contributed by atoms with Gasteiger partial charge in [-0.1, -0.05) is 6.07 Å². The minimum Gasteiger partial charge on any atom is -0.598 e. The molecular formula is C13H23N3OS. The minimum absolute atomic E-state index is 0.00356. The van der Waals surface area contributed by atoms with Crippen LogP contribution in [0.4, 0.5) is 5.82 Å². The van der Waals surface area contributed by atoms with Crippen molar-refractivity contribution in [3.63, 3.8) is 0 Å². The maximum Gasteiger partial charge on any atom is 0.136 e. The van der Waals surface area contributed by atoms with Gasteiger partial charge >= 0.3 is 0 Å². The second kappa shape index (κ2) is 5.91. The molecule has 0 fully saturated rings. The third-order valence-electron chi connectivity index (χ3n) is 2.55. The maximum absolute atomic E-state index is 12.1. The molecule has 2 atom stereocenters. The highest BCUT2D eigenvalue weighted by Crippen LogP contribution is 2.24. The van der Waals surface area contributed by atoms with Crippen LogP contribution in [0.5, 0.6) is 0 Å². The first-order valence-corrected chi connectivity index (χ1v) is 7.18. The summed E-state index contributed by atoms with van der Waals surface area (Å²) in [6.07, 6.45) is 1.77. The van der Waals surface area contributed by atoms with Gasteiger partial charge in [0, 0.05) is 37.2 Å². The SMILES string of the molecule is CC(N[S@+]([O-])C(C)(C)C)c1cccnc1N(C)C. The van der Waals surface area contributed by atoms with Crippen molar-refractivity contribution >= 4 is 17.2 Å². The fourth-order valence-electron chi connectivity index (χ4n) is 1.52. The molecule has 0 aliphatic rings. The Hall–Kier alpha value is -0.780. The van der Waals surface area contributed by atoms with Gasteiger partial charge in [0.2, 0.25) is 0 Å². The highest BCUT2D eigenvalue weighted by molar-refractivity contribution is 7.90. The Labute approximate surface area is 113 Å². The smallest absolute Gasteiger partial charge is 0.136 e. The van der Waals surface area contributed by atoms with Gasteiger partial charge in [0.05, 0.1) is 6.04 Å². The van der Waals surface area contributed by atoms with Gasteiger partial charge in [-0.3, -0.25) is 0 Å². The summed E-state index contributed by atoms with van der Waals surface area (Å²) in [6.45, 7) is 7.88. The monoisotopic (exact) mass is 269 g/mol. The average Bonchev–Trinajstić information content (AvgIpc) is 2.27. The van der Waals surface area contributed by atoms with Crippen LogP contribution >= 0.6 is 0 Å². The largest absolute Gasteiger partial charge is 0.598 e. The molecule has 1 aromatic rings. The number of aromatic nitrogens is 1. The van der Waals surface area contributed by atoms with Crippen molar-refractivity contribution in [2.75, 3.05) is 19.0 Å². The summed E-state index contributed by atoms with van der Waals surface area (Å²) >= 11 is -1.09. The van der Waals surface area contributed by atoms with Crippen molar-refractivity contribution in [3.8, 4) is 0 Å². The highest BCUT2D eigenvalue weighted by atomic mass is 32.2. The van der Waals surface area contributed by atoms with Gasteiger partial charge in [0.25, 0.3) is 0 Å². The van der Waals surface area contributed by atoms with Gasteiger partial charge in [-0.15, -0.1) is 4.72 Å². The topological polar surface area (TPSA) is 51.2 Å². The lowest BCUT2D eigenvalue weighted by molar-refractivity contribution is 0.531. The average molecular weight is 269 g/mol. The number of hydrogen-bond acceptors (Lipinski definition) is 4. The fourth-order valence-corrected chi connectivity index (χ4v) is 2.32. The maximum atomic E-state index is 12.1. The fraction of sp³-hybridized carbons (Fsp3) is 0.615. The molecule has 1 unspecified atom stereocenters. The number of anilines is 1. The van der Waals surface area contributed by atoms with Crippen molar-refractivity contribution < 1.29 is 4.55 Å². The van der Waals surface area contributed by atoms with Crippen LogP contribution in [0, 0.1) is 0 Å². The molecule has 4 nitrogen and oxygen atoms in total. The second-order valence-corrected chi connectivity index (χ2v) is 7.53. The number of pyridine rings is 1. The first kappa shape index (κ1) is 15.3. The van der Waals surface area contributed by atoms with Crippen molar-refractivity contribution in [2.24, 2.45) is 0 Å². The van der Waals surface area contributed by atoms with Crippen molar-refractivity contribution in [1.29, 1.82) is 0 Å². The summed E-state index contributed by atoms with van der Waals surface area (Å²) in [5.74, 6) is 0.906. The highest BCUT2D eigenvalue weighted by Gasteiger charge is 2.29. The molecule has 0 radical (unpaired) electrons. The Balaban J connectivity index is 2.88. The summed E-state index contributed by atoms with van der Waals surface area (Å²) in [5, 5.41) is 0. The molecule has 0 saturated heterocycles. The van der Waals surface area contributed by atoms with Crippen LogP contribution in [0.3, 0.4) is 0 Å². The van der Waals surface area contributed by atoms with E-state index in [2.05, 4.69) is 9.71 Å². The van der Waals surface area contributed by atoms with E-state index in [0.717, 1.165) is 11.4 Å². The zero-order valence-electron chi connectivity index (χ0n) is 12.0. The van der Waals surface area contributed by atoms with Gasteiger partial charge in [-0.25, -0.2) is 4.98 Å². The number of nitrogens with one attached hydrogen (secondary N) is 1. The Kier molecular flexibility index (Phi) is 5.01. The second-order valence-electron chi connectivity index (χ2n) is 5.53. The Bertz CT molecular complexity index is 390. The molecular weight excluding hydrogens is 246 g/mol. The quantitative estimate of drug-likeness (QED) is 0.852. The van der Waals surface area contributed by atoms with Gasteiger partial charge in [0.15, 0.2) is 0 Å². The zero-order chi connectivity index (χ0) is 13.9. The van der Waals surface area contributed by atoms with Crippen LogP contribution in [0.15, 0.2) is 18.3 Å². The van der Waals surface area contributed by atoms with Crippen molar-refractivity contribution in [3.05, 3.63) is 23.9 Å². The standard InChI is InChI=1S/C13H23N3OS/c1-10(15-18(17)13(2,3)4)11-8-7-9-14-12(11)16(5)6/h7-10,15H,1-6H3/t10?,18-/m1/s1. The van der Waals surface area contributed by atoms with E-state index in [0.29, 0.717) is 0 Å². The van der Waals surface area contributed by atoms with E-state index in [-0.39, 0.29) is 10.8 Å². The van der Waals surface area contributed by atoms with E-state index < -0.39 is 11.4 Å². The summed E-state index contributed by atoms with van der Waals surface area (Å²) in [5.41, 5.74) is 1.06. The molecule has 1 heterocycles. The molecule has 5 heteroatoms. The number of rotatable bonds is 4. The summed E-state index contributed by atoms with van der Waals surface area (Å²) < 4.78 is 15.0. The van der Waals surface area contributed by atoms with Gasteiger partial charge in [-0.2, -0.15) is 0 Å². The van der Waals surface area contributed by atoms with E-state index in [1.807, 2.05) is 58.8 Å². The lowest BCUT2D eigenvalue weighted by atomic mass is 10.1. The van der Waals surface area contributed by atoms with Crippen LogP contribution < -0.4 is 9.62 Å². The van der Waals surface area contributed by atoms with Crippen molar-refractivity contribution in [1.82, 2.24) is 9.71 Å². The molecule has 0 spiro atoms. The first-order chi connectivity index (χ1) is 8.23. The molecule has 0 amide bonds. The minimum atomic E-state index is -1.09. The third kappa shape index (κ3) is 3.86. The van der Waals surface area contributed by atoms with E-state index in [1.165, 1.54) is 0 Å². The molecule has 0 aromatic carbocycles. The van der Waals surface area contributed by atoms with E-state index in [4.69, 9.17) is 0 Å². The zero-order valence-corrected chi connectivity index (χ0v) is 12.8. The Morgan fingerprint density at radius 1 is 1.39 bits per heavy atom. The molecule has 0 aliphatic carbocycles. The van der Waals surface area contributed by atoms with Gasteiger partial charge < -0.3 is 9.45 Å². The van der Waals surface area contributed by atoms with E-state index in [1.54, 1.807) is 6.20 Å². The molecule has 1 rings (SSSR count). The molecule has 102 valence electrons. The van der Waals surface area contributed by atoms with Crippen LogP contribution in [0.2, 0.25) is 0 Å². The van der Waals surface area contributed by atoms with Crippen LogP contribution in [0.25, 0.3) is 0 Å². The third-order valence-corrected chi connectivity index (χ3v) is 4.23. The lowest BCUT2D eigenvalue weighted by Gasteiger charge is -2.27.